The van der Waals surface area contributed by atoms with Gasteiger partial charge in [-0.3, -0.25) is 4.79 Å². The van der Waals surface area contributed by atoms with Gasteiger partial charge in [-0.15, -0.1) is 0 Å². The Morgan fingerprint density at radius 2 is 1.90 bits per heavy atom. The SMILES string of the molecule is N#CCOc1ccc(NC(=O)c2cc(O)ccc2O)cc1. The van der Waals surface area contributed by atoms with E-state index in [0.29, 0.717) is 11.4 Å². The van der Waals surface area contributed by atoms with Gasteiger partial charge in [-0.05, 0) is 42.5 Å². The Labute approximate surface area is 120 Å². The van der Waals surface area contributed by atoms with Crippen LogP contribution in [0.2, 0.25) is 0 Å². The van der Waals surface area contributed by atoms with Crippen molar-refractivity contribution in [1.29, 1.82) is 5.26 Å². The van der Waals surface area contributed by atoms with E-state index in [9.17, 15) is 15.0 Å². The summed E-state index contributed by atoms with van der Waals surface area (Å²) in [5.41, 5.74) is 0.465. The highest BCUT2D eigenvalue weighted by Gasteiger charge is 2.12. The molecule has 106 valence electrons. The minimum Gasteiger partial charge on any atom is -0.508 e. The van der Waals surface area contributed by atoms with E-state index in [2.05, 4.69) is 5.32 Å². The van der Waals surface area contributed by atoms with E-state index in [4.69, 9.17) is 10.00 Å². The lowest BCUT2D eigenvalue weighted by molar-refractivity contribution is 0.102. The van der Waals surface area contributed by atoms with Crippen LogP contribution < -0.4 is 10.1 Å². The molecule has 0 radical (unpaired) electrons. The number of phenolic OH excluding ortho intramolecular Hbond substituents is 2. The first-order chi connectivity index (χ1) is 10.1. The predicted octanol–water partition coefficient (Wildman–Crippen LogP) is 2.25. The fourth-order valence-corrected chi connectivity index (χ4v) is 1.65. The summed E-state index contributed by atoms with van der Waals surface area (Å²) in [5.74, 6) is -0.374. The minimum absolute atomic E-state index is 0.0280. The van der Waals surface area contributed by atoms with Crippen molar-refractivity contribution < 1.29 is 19.7 Å². The third-order valence-corrected chi connectivity index (χ3v) is 2.64. The maximum absolute atomic E-state index is 12.0. The number of anilines is 1. The summed E-state index contributed by atoms with van der Waals surface area (Å²) in [5, 5.41) is 29.9. The van der Waals surface area contributed by atoms with Crippen molar-refractivity contribution in [2.75, 3.05) is 11.9 Å². The number of nitrogens with one attached hydrogen (secondary N) is 1. The molecule has 3 N–H and O–H groups in total. The van der Waals surface area contributed by atoms with Gasteiger partial charge in [-0.1, -0.05) is 0 Å². The lowest BCUT2D eigenvalue weighted by Gasteiger charge is -2.08. The molecule has 2 aromatic rings. The van der Waals surface area contributed by atoms with Crippen molar-refractivity contribution in [1.82, 2.24) is 0 Å². The number of hydrogen-bond acceptors (Lipinski definition) is 5. The molecule has 0 spiro atoms. The number of amides is 1. The topological polar surface area (TPSA) is 103 Å². The zero-order chi connectivity index (χ0) is 15.2. The molecule has 2 aromatic carbocycles. The Bertz CT molecular complexity index is 690. The first-order valence-corrected chi connectivity index (χ1v) is 6.03. The molecule has 0 aliphatic carbocycles. The van der Waals surface area contributed by atoms with Gasteiger partial charge in [0.05, 0.1) is 5.56 Å². The zero-order valence-electron chi connectivity index (χ0n) is 10.9. The molecule has 0 heterocycles. The van der Waals surface area contributed by atoms with Crippen LogP contribution >= 0.6 is 0 Å². The van der Waals surface area contributed by atoms with Crippen LogP contribution in [0.25, 0.3) is 0 Å². The second kappa shape index (κ2) is 6.30. The van der Waals surface area contributed by atoms with Gasteiger partial charge in [-0.25, -0.2) is 0 Å². The summed E-state index contributed by atoms with van der Waals surface area (Å²) in [6.45, 7) is -0.0527. The summed E-state index contributed by atoms with van der Waals surface area (Å²) < 4.78 is 5.09. The van der Waals surface area contributed by atoms with E-state index in [1.165, 1.54) is 18.2 Å². The van der Waals surface area contributed by atoms with Gasteiger partial charge in [-0.2, -0.15) is 5.26 Å². The van der Waals surface area contributed by atoms with Crippen LogP contribution in [-0.4, -0.2) is 22.7 Å². The summed E-state index contributed by atoms with van der Waals surface area (Å²) in [7, 11) is 0. The predicted molar refractivity (Wildman–Crippen MR) is 75.3 cm³/mol. The lowest BCUT2D eigenvalue weighted by atomic mass is 10.1. The van der Waals surface area contributed by atoms with Crippen molar-refractivity contribution in [2.45, 2.75) is 0 Å². The highest BCUT2D eigenvalue weighted by Crippen LogP contribution is 2.23. The van der Waals surface area contributed by atoms with Gasteiger partial charge in [0.25, 0.3) is 5.91 Å². The monoisotopic (exact) mass is 284 g/mol. The molecule has 0 saturated heterocycles. The largest absolute Gasteiger partial charge is 0.508 e. The van der Waals surface area contributed by atoms with Crippen LogP contribution in [0.3, 0.4) is 0 Å². The fourth-order valence-electron chi connectivity index (χ4n) is 1.65. The Hall–Kier alpha value is -3.20. The number of nitriles is 1. The lowest BCUT2D eigenvalue weighted by Crippen LogP contribution is -2.12. The number of hydrogen-bond donors (Lipinski definition) is 3. The number of carbonyl (C=O) groups is 1. The van der Waals surface area contributed by atoms with Gasteiger partial charge in [0.15, 0.2) is 6.61 Å². The van der Waals surface area contributed by atoms with Gasteiger partial charge in [0, 0.05) is 5.69 Å². The van der Waals surface area contributed by atoms with Gasteiger partial charge in [0.1, 0.15) is 23.3 Å². The highest BCUT2D eigenvalue weighted by atomic mass is 16.5. The van der Waals surface area contributed by atoms with Crippen molar-refractivity contribution in [2.24, 2.45) is 0 Å². The smallest absolute Gasteiger partial charge is 0.259 e. The molecule has 21 heavy (non-hydrogen) atoms. The van der Waals surface area contributed by atoms with Crippen LogP contribution in [0.4, 0.5) is 5.69 Å². The van der Waals surface area contributed by atoms with Crippen LogP contribution in [0.1, 0.15) is 10.4 Å². The maximum Gasteiger partial charge on any atom is 0.259 e. The van der Waals surface area contributed by atoms with E-state index < -0.39 is 5.91 Å². The van der Waals surface area contributed by atoms with Gasteiger partial charge >= 0.3 is 0 Å². The molecule has 0 bridgehead atoms. The van der Waals surface area contributed by atoms with Crippen molar-refractivity contribution in [3.63, 3.8) is 0 Å². The third-order valence-electron chi connectivity index (χ3n) is 2.64. The Balaban J connectivity index is 2.09. The summed E-state index contributed by atoms with van der Waals surface area (Å²) >= 11 is 0. The van der Waals surface area contributed by atoms with Crippen LogP contribution in [-0.2, 0) is 0 Å². The highest BCUT2D eigenvalue weighted by molar-refractivity contribution is 6.06. The van der Waals surface area contributed by atoms with Crippen LogP contribution in [0.15, 0.2) is 42.5 Å². The average molecular weight is 284 g/mol. The molecular weight excluding hydrogens is 272 g/mol. The quantitative estimate of drug-likeness (QED) is 0.747. The van der Waals surface area contributed by atoms with E-state index in [-0.39, 0.29) is 23.7 Å². The first-order valence-electron chi connectivity index (χ1n) is 6.03. The second-order valence-electron chi connectivity index (χ2n) is 4.13. The molecule has 6 nitrogen and oxygen atoms in total. The second-order valence-corrected chi connectivity index (χ2v) is 4.13. The number of aromatic hydroxyl groups is 2. The van der Waals surface area contributed by atoms with E-state index in [1.54, 1.807) is 24.3 Å². The number of carbonyl (C=O) groups excluding carboxylic acids is 1. The van der Waals surface area contributed by atoms with Crippen molar-refractivity contribution >= 4 is 11.6 Å². The maximum atomic E-state index is 12.0. The zero-order valence-corrected chi connectivity index (χ0v) is 10.9. The molecular formula is C15H12N2O4. The molecule has 0 aromatic heterocycles. The number of rotatable bonds is 4. The first kappa shape index (κ1) is 14.2. The van der Waals surface area contributed by atoms with Crippen LogP contribution in [0, 0.1) is 11.3 Å². The molecule has 0 unspecified atom stereocenters. The molecule has 0 saturated carbocycles. The van der Waals surface area contributed by atoms with Gasteiger partial charge in [0.2, 0.25) is 0 Å². The average Bonchev–Trinajstić information content (AvgIpc) is 2.49. The van der Waals surface area contributed by atoms with E-state index >= 15 is 0 Å². The number of benzene rings is 2. The molecule has 6 heteroatoms. The van der Waals surface area contributed by atoms with Crippen molar-refractivity contribution in [3.8, 4) is 23.3 Å². The Morgan fingerprint density at radius 3 is 2.57 bits per heavy atom. The Kier molecular flexibility index (Phi) is 4.26. The fraction of sp³-hybridized carbons (Fsp3) is 0.0667. The molecule has 0 aliphatic rings. The van der Waals surface area contributed by atoms with E-state index in [1.807, 2.05) is 6.07 Å². The summed E-state index contributed by atoms with van der Waals surface area (Å²) in [6.07, 6.45) is 0. The van der Waals surface area contributed by atoms with E-state index in [0.717, 1.165) is 0 Å². The standard InChI is InChI=1S/C15H12N2O4/c16-7-8-21-12-4-1-10(2-5-12)17-15(20)13-9-11(18)3-6-14(13)19/h1-6,9,18-19H,8H2,(H,17,20). The molecule has 2 rings (SSSR count). The minimum atomic E-state index is -0.547. The number of nitrogens with zero attached hydrogens (tertiary/aromatic N) is 1. The molecule has 0 fully saturated rings. The summed E-state index contributed by atoms with van der Waals surface area (Å²) in [4.78, 5) is 12.0. The Morgan fingerprint density at radius 1 is 1.19 bits per heavy atom. The third kappa shape index (κ3) is 3.64. The van der Waals surface area contributed by atoms with Crippen molar-refractivity contribution in [3.05, 3.63) is 48.0 Å². The van der Waals surface area contributed by atoms with Gasteiger partial charge < -0.3 is 20.3 Å². The van der Waals surface area contributed by atoms with Crippen LogP contribution in [0.5, 0.6) is 17.2 Å². The number of phenols is 2. The molecule has 0 atom stereocenters. The normalized spacial score (nSPS) is 9.67. The molecule has 0 aliphatic heterocycles. The summed E-state index contributed by atoms with van der Waals surface area (Å²) in [6, 6.07) is 12.0. The molecule has 1 amide bonds. The number of ether oxygens (including phenoxy) is 1.